The average Bonchev–Trinajstić information content (AvgIpc) is 2.45. The number of benzene rings is 1. The lowest BCUT2D eigenvalue weighted by atomic mass is 9.95. The van der Waals surface area contributed by atoms with Crippen molar-refractivity contribution in [3.05, 3.63) is 27.8 Å². The van der Waals surface area contributed by atoms with E-state index in [2.05, 4.69) is 10.2 Å². The number of hydrogen-bond acceptors (Lipinski definition) is 4. The van der Waals surface area contributed by atoms with Gasteiger partial charge in [0.05, 0.1) is 11.6 Å². The number of aromatic hydroxyl groups is 1. The molecular formula is C15H21ClN2O2. The van der Waals surface area contributed by atoms with Crippen LogP contribution in [0.5, 0.6) is 5.75 Å². The molecule has 0 bridgehead atoms. The molecule has 4 nitrogen and oxygen atoms in total. The van der Waals surface area contributed by atoms with Crippen LogP contribution in [0.3, 0.4) is 0 Å². The van der Waals surface area contributed by atoms with Crippen molar-refractivity contribution >= 4 is 17.4 Å². The molecule has 1 aliphatic heterocycles. The van der Waals surface area contributed by atoms with Crippen LogP contribution in [0, 0.1) is 13.8 Å². The van der Waals surface area contributed by atoms with Crippen molar-refractivity contribution in [2.75, 3.05) is 26.2 Å². The molecule has 1 aromatic carbocycles. The molecule has 1 aromatic rings. The fourth-order valence-corrected chi connectivity index (χ4v) is 2.86. The molecule has 0 saturated carbocycles. The predicted molar refractivity (Wildman–Crippen MR) is 80.8 cm³/mol. The minimum Gasteiger partial charge on any atom is -0.507 e. The number of Topliss-reactive ketones (excluding diaryl/α,β-unsaturated/α-hetero) is 1. The highest BCUT2D eigenvalue weighted by molar-refractivity contribution is 6.32. The fraction of sp³-hybridized carbons (Fsp3) is 0.533. The third-order valence-electron chi connectivity index (χ3n) is 4.01. The summed E-state index contributed by atoms with van der Waals surface area (Å²) < 4.78 is 0. The second-order valence-electron chi connectivity index (χ2n) is 5.35. The highest BCUT2D eigenvalue weighted by Crippen LogP contribution is 2.32. The molecule has 1 heterocycles. The van der Waals surface area contributed by atoms with Gasteiger partial charge in [0.15, 0.2) is 5.78 Å². The highest BCUT2D eigenvalue weighted by atomic mass is 35.5. The number of nitrogens with one attached hydrogen (secondary N) is 1. The van der Waals surface area contributed by atoms with Crippen molar-refractivity contribution in [1.29, 1.82) is 0 Å². The van der Waals surface area contributed by atoms with Crippen molar-refractivity contribution in [3.8, 4) is 5.75 Å². The van der Waals surface area contributed by atoms with Crippen LogP contribution in [0.1, 0.15) is 28.4 Å². The van der Waals surface area contributed by atoms with E-state index < -0.39 is 0 Å². The van der Waals surface area contributed by atoms with E-state index in [0.29, 0.717) is 21.7 Å². The minimum absolute atomic E-state index is 0.0545. The molecule has 5 heteroatoms. The van der Waals surface area contributed by atoms with Crippen LogP contribution in [0.15, 0.2) is 6.07 Å². The second-order valence-corrected chi connectivity index (χ2v) is 5.76. The molecule has 0 amide bonds. The summed E-state index contributed by atoms with van der Waals surface area (Å²) >= 11 is 6.14. The molecule has 1 atom stereocenters. The van der Waals surface area contributed by atoms with Crippen molar-refractivity contribution in [3.63, 3.8) is 0 Å². The smallest absolute Gasteiger partial charge is 0.183 e. The van der Waals surface area contributed by atoms with E-state index in [1.165, 1.54) is 0 Å². The van der Waals surface area contributed by atoms with Crippen molar-refractivity contribution in [1.82, 2.24) is 10.2 Å². The standard InChI is InChI=1S/C15H21ClN2O2/c1-9-8-12(16)10(2)13(14(9)19)15(20)11(3)18-6-4-17-5-7-18/h8,11,17,19H,4-7H2,1-3H3. The van der Waals surface area contributed by atoms with E-state index in [1.54, 1.807) is 19.9 Å². The number of nitrogens with zero attached hydrogens (tertiary/aromatic N) is 1. The zero-order valence-corrected chi connectivity index (χ0v) is 12.9. The van der Waals surface area contributed by atoms with Crippen LogP contribution in [0.25, 0.3) is 0 Å². The number of piperazine rings is 1. The number of aryl methyl sites for hydroxylation is 1. The normalized spacial score (nSPS) is 18.0. The van der Waals surface area contributed by atoms with E-state index in [9.17, 15) is 9.90 Å². The summed E-state index contributed by atoms with van der Waals surface area (Å²) in [6, 6.07) is 1.44. The first-order valence-electron chi connectivity index (χ1n) is 6.91. The largest absolute Gasteiger partial charge is 0.507 e. The number of ketones is 1. The third kappa shape index (κ3) is 2.82. The second kappa shape index (κ2) is 6.12. The molecule has 1 aliphatic rings. The first-order valence-corrected chi connectivity index (χ1v) is 7.29. The molecule has 1 saturated heterocycles. The van der Waals surface area contributed by atoms with Crippen LogP contribution >= 0.6 is 11.6 Å². The molecular weight excluding hydrogens is 276 g/mol. The third-order valence-corrected chi connectivity index (χ3v) is 4.40. The molecule has 110 valence electrons. The first-order chi connectivity index (χ1) is 9.43. The maximum atomic E-state index is 12.7. The Morgan fingerprint density at radius 3 is 2.60 bits per heavy atom. The summed E-state index contributed by atoms with van der Waals surface area (Å²) in [4.78, 5) is 14.8. The zero-order chi connectivity index (χ0) is 14.9. The Labute approximate surface area is 124 Å². The lowest BCUT2D eigenvalue weighted by Crippen LogP contribution is -2.50. The van der Waals surface area contributed by atoms with E-state index >= 15 is 0 Å². The average molecular weight is 297 g/mol. The van der Waals surface area contributed by atoms with Gasteiger partial charge in [0, 0.05) is 31.2 Å². The van der Waals surface area contributed by atoms with Gasteiger partial charge in [-0.3, -0.25) is 9.69 Å². The number of carbonyl (C=O) groups excluding carboxylic acids is 1. The molecule has 1 unspecified atom stereocenters. The minimum atomic E-state index is -0.250. The van der Waals surface area contributed by atoms with Gasteiger partial charge in [0.2, 0.25) is 0 Å². The molecule has 0 spiro atoms. The summed E-state index contributed by atoms with van der Waals surface area (Å²) in [5, 5.41) is 14.0. The molecule has 0 aromatic heterocycles. The van der Waals surface area contributed by atoms with Gasteiger partial charge in [0.1, 0.15) is 5.75 Å². The van der Waals surface area contributed by atoms with Crippen molar-refractivity contribution < 1.29 is 9.90 Å². The van der Waals surface area contributed by atoms with Gasteiger partial charge in [0.25, 0.3) is 0 Å². The Morgan fingerprint density at radius 2 is 2.00 bits per heavy atom. The highest BCUT2D eigenvalue weighted by Gasteiger charge is 2.28. The zero-order valence-electron chi connectivity index (χ0n) is 12.2. The summed E-state index contributed by atoms with van der Waals surface area (Å²) in [6.07, 6.45) is 0. The van der Waals surface area contributed by atoms with Crippen molar-refractivity contribution in [2.24, 2.45) is 0 Å². The van der Waals surface area contributed by atoms with Crippen molar-refractivity contribution in [2.45, 2.75) is 26.8 Å². The van der Waals surface area contributed by atoms with Crippen LogP contribution in [-0.2, 0) is 0 Å². The van der Waals surface area contributed by atoms with Crippen LogP contribution in [0.4, 0.5) is 0 Å². The lowest BCUT2D eigenvalue weighted by molar-refractivity contribution is 0.0816. The Morgan fingerprint density at radius 1 is 1.40 bits per heavy atom. The molecule has 2 N–H and O–H groups in total. The summed E-state index contributed by atoms with van der Waals surface area (Å²) in [5.74, 6) is -0.00798. The number of phenolic OH excluding ortho intramolecular Hbond substituents is 1. The molecule has 2 rings (SSSR count). The number of hydrogen-bond donors (Lipinski definition) is 2. The Bertz CT molecular complexity index is 499. The number of halogens is 1. The van der Waals surface area contributed by atoms with E-state index in [-0.39, 0.29) is 17.6 Å². The Balaban J connectivity index is 2.33. The number of rotatable bonds is 3. The van der Waals surface area contributed by atoms with E-state index in [4.69, 9.17) is 11.6 Å². The van der Waals surface area contributed by atoms with E-state index in [1.807, 2.05) is 6.92 Å². The van der Waals surface area contributed by atoms with Crippen LogP contribution in [0.2, 0.25) is 5.02 Å². The maximum Gasteiger partial charge on any atom is 0.183 e. The maximum absolute atomic E-state index is 12.7. The first kappa shape index (κ1) is 15.3. The summed E-state index contributed by atoms with van der Waals surface area (Å²) in [6.45, 7) is 8.88. The molecule has 0 aliphatic carbocycles. The number of carbonyl (C=O) groups is 1. The quantitative estimate of drug-likeness (QED) is 0.839. The van der Waals surface area contributed by atoms with Gasteiger partial charge in [-0.15, -0.1) is 0 Å². The summed E-state index contributed by atoms with van der Waals surface area (Å²) in [7, 11) is 0. The van der Waals surface area contributed by atoms with Gasteiger partial charge in [-0.05, 0) is 38.0 Å². The molecule has 0 radical (unpaired) electrons. The Hall–Kier alpha value is -1.10. The number of phenols is 1. The van der Waals surface area contributed by atoms with Gasteiger partial charge in [-0.25, -0.2) is 0 Å². The van der Waals surface area contributed by atoms with Crippen LogP contribution < -0.4 is 5.32 Å². The van der Waals surface area contributed by atoms with Gasteiger partial charge < -0.3 is 10.4 Å². The van der Waals surface area contributed by atoms with Gasteiger partial charge in [-0.2, -0.15) is 0 Å². The van der Waals surface area contributed by atoms with Gasteiger partial charge >= 0.3 is 0 Å². The monoisotopic (exact) mass is 296 g/mol. The lowest BCUT2D eigenvalue weighted by Gasteiger charge is -2.32. The summed E-state index contributed by atoms with van der Waals surface area (Å²) in [5.41, 5.74) is 1.65. The van der Waals surface area contributed by atoms with Gasteiger partial charge in [-0.1, -0.05) is 11.6 Å². The molecule has 1 fully saturated rings. The predicted octanol–water partition coefficient (Wildman–Crippen LogP) is 2.14. The molecule has 20 heavy (non-hydrogen) atoms. The topological polar surface area (TPSA) is 52.6 Å². The SMILES string of the molecule is Cc1cc(Cl)c(C)c(C(=O)C(C)N2CCNCC2)c1O. The van der Waals surface area contributed by atoms with E-state index in [0.717, 1.165) is 26.2 Å². The Kier molecular flexibility index (Phi) is 4.68. The van der Waals surface area contributed by atoms with Crippen LogP contribution in [-0.4, -0.2) is 48.0 Å². The fourth-order valence-electron chi connectivity index (χ4n) is 2.61.